The zero-order chi connectivity index (χ0) is 25.4. The van der Waals surface area contributed by atoms with Crippen LogP contribution in [0.5, 0.6) is 5.75 Å². The number of methoxy groups -OCH3 is 1. The lowest BCUT2D eigenvalue weighted by atomic mass is 9.77. The van der Waals surface area contributed by atoms with Gasteiger partial charge in [-0.2, -0.15) is 5.26 Å². The van der Waals surface area contributed by atoms with Crippen molar-refractivity contribution in [1.82, 2.24) is 9.55 Å². The van der Waals surface area contributed by atoms with Crippen LogP contribution in [0.2, 0.25) is 0 Å². The molecule has 0 N–H and O–H groups in total. The monoisotopic (exact) mass is 490 g/mol. The summed E-state index contributed by atoms with van der Waals surface area (Å²) in [5.41, 5.74) is 1.02. The smallest absolute Gasteiger partial charge is 0.263 e. The van der Waals surface area contributed by atoms with Crippen molar-refractivity contribution in [3.63, 3.8) is 0 Å². The molecular formula is C28H28F2N4O2. The molecule has 0 unspecified atom stereocenters. The summed E-state index contributed by atoms with van der Waals surface area (Å²) in [4.78, 5) is 20.7. The molecule has 1 spiro atoms. The van der Waals surface area contributed by atoms with Gasteiger partial charge in [0.05, 0.1) is 23.9 Å². The lowest BCUT2D eigenvalue weighted by Crippen LogP contribution is -2.42. The standard InChI is InChI=1S/C28H28F2N4O2/c1-33-26(35)24(18-7-8-23(36-2)22(30)15-18)25(19-5-6-20(17-31)21(29)16-19)32-27(33)34-13-11-28(12-14-34)9-3-4-10-28/h5-8,15-16H,3-4,9-14H2,1-2H3. The van der Waals surface area contributed by atoms with Crippen molar-refractivity contribution in [2.75, 3.05) is 25.1 Å². The number of anilines is 1. The topological polar surface area (TPSA) is 71.2 Å². The van der Waals surface area contributed by atoms with E-state index in [-0.39, 0.29) is 28.1 Å². The first-order valence-corrected chi connectivity index (χ1v) is 12.3. The summed E-state index contributed by atoms with van der Waals surface area (Å²) in [6.07, 6.45) is 7.16. The van der Waals surface area contributed by atoms with Crippen LogP contribution in [0.1, 0.15) is 44.1 Å². The van der Waals surface area contributed by atoms with Gasteiger partial charge in [-0.15, -0.1) is 0 Å². The van der Waals surface area contributed by atoms with Crippen LogP contribution in [0, 0.1) is 28.4 Å². The van der Waals surface area contributed by atoms with Gasteiger partial charge in [-0.05, 0) is 60.9 Å². The molecule has 6 nitrogen and oxygen atoms in total. The van der Waals surface area contributed by atoms with E-state index in [1.165, 1.54) is 61.6 Å². The van der Waals surface area contributed by atoms with E-state index in [2.05, 4.69) is 4.90 Å². The second-order valence-electron chi connectivity index (χ2n) is 9.85. The van der Waals surface area contributed by atoms with Crippen molar-refractivity contribution in [2.45, 2.75) is 38.5 Å². The zero-order valence-electron chi connectivity index (χ0n) is 20.5. The number of nitriles is 1. The van der Waals surface area contributed by atoms with Gasteiger partial charge in [-0.25, -0.2) is 13.8 Å². The van der Waals surface area contributed by atoms with E-state index in [0.29, 0.717) is 22.5 Å². The number of aromatic nitrogens is 2. The zero-order valence-corrected chi connectivity index (χ0v) is 20.5. The molecule has 2 fully saturated rings. The molecule has 36 heavy (non-hydrogen) atoms. The van der Waals surface area contributed by atoms with E-state index in [9.17, 15) is 13.6 Å². The van der Waals surface area contributed by atoms with Crippen LogP contribution in [0.15, 0.2) is 41.2 Å². The minimum Gasteiger partial charge on any atom is -0.494 e. The maximum atomic E-state index is 14.6. The quantitative estimate of drug-likeness (QED) is 0.488. The summed E-state index contributed by atoms with van der Waals surface area (Å²) < 4.78 is 35.8. The molecule has 3 aromatic rings. The summed E-state index contributed by atoms with van der Waals surface area (Å²) in [5.74, 6) is -0.756. The Morgan fingerprint density at radius 1 is 1.00 bits per heavy atom. The fraction of sp³-hybridized carbons (Fsp3) is 0.393. The molecule has 0 radical (unpaired) electrons. The van der Waals surface area contributed by atoms with Gasteiger partial charge in [-0.3, -0.25) is 9.36 Å². The maximum Gasteiger partial charge on any atom is 0.263 e. The van der Waals surface area contributed by atoms with Crippen molar-refractivity contribution in [3.05, 3.63) is 63.9 Å². The summed E-state index contributed by atoms with van der Waals surface area (Å²) in [7, 11) is 3.03. The predicted molar refractivity (Wildman–Crippen MR) is 134 cm³/mol. The molecule has 0 bridgehead atoms. The van der Waals surface area contributed by atoms with Gasteiger partial charge < -0.3 is 9.64 Å². The molecule has 1 aliphatic carbocycles. The number of piperidine rings is 1. The van der Waals surface area contributed by atoms with Crippen LogP contribution < -0.4 is 15.2 Å². The lowest BCUT2D eigenvalue weighted by molar-refractivity contribution is 0.225. The van der Waals surface area contributed by atoms with Crippen LogP contribution in [-0.2, 0) is 7.05 Å². The highest BCUT2D eigenvalue weighted by Crippen LogP contribution is 2.46. The summed E-state index contributed by atoms with van der Waals surface area (Å²) in [6, 6.07) is 10.2. The highest BCUT2D eigenvalue weighted by Gasteiger charge is 2.38. The minimum absolute atomic E-state index is 0.0558. The van der Waals surface area contributed by atoms with E-state index in [1.54, 1.807) is 19.2 Å². The molecule has 2 aromatic carbocycles. The molecule has 0 amide bonds. The highest BCUT2D eigenvalue weighted by atomic mass is 19.1. The van der Waals surface area contributed by atoms with Gasteiger partial charge >= 0.3 is 0 Å². The summed E-state index contributed by atoms with van der Waals surface area (Å²) in [5, 5.41) is 9.16. The molecule has 2 aliphatic rings. The van der Waals surface area contributed by atoms with E-state index in [4.69, 9.17) is 15.0 Å². The van der Waals surface area contributed by atoms with Crippen molar-refractivity contribution in [2.24, 2.45) is 12.5 Å². The van der Waals surface area contributed by atoms with E-state index in [0.717, 1.165) is 25.9 Å². The Kier molecular flexibility index (Phi) is 6.25. The van der Waals surface area contributed by atoms with E-state index < -0.39 is 11.6 Å². The summed E-state index contributed by atoms with van der Waals surface area (Å²) >= 11 is 0. The van der Waals surface area contributed by atoms with Gasteiger partial charge in [-0.1, -0.05) is 25.0 Å². The van der Waals surface area contributed by atoms with Gasteiger partial charge in [0, 0.05) is 25.7 Å². The Balaban J connectivity index is 1.65. The third-order valence-corrected chi connectivity index (χ3v) is 7.84. The first-order chi connectivity index (χ1) is 17.4. The molecular weight excluding hydrogens is 462 g/mol. The van der Waals surface area contributed by atoms with Crippen molar-refractivity contribution in [1.29, 1.82) is 5.26 Å². The Labute approximate surface area is 208 Å². The molecule has 5 rings (SSSR count). The number of hydrogen-bond acceptors (Lipinski definition) is 5. The Bertz CT molecular complexity index is 1410. The average molecular weight is 491 g/mol. The number of nitrogens with zero attached hydrogens (tertiary/aromatic N) is 4. The lowest BCUT2D eigenvalue weighted by Gasteiger charge is -2.40. The normalized spacial score (nSPS) is 16.8. The number of hydrogen-bond donors (Lipinski definition) is 0. The molecule has 0 atom stereocenters. The molecule has 1 aliphatic heterocycles. The fourth-order valence-corrected chi connectivity index (χ4v) is 5.72. The average Bonchev–Trinajstić information content (AvgIpc) is 3.34. The molecule has 186 valence electrons. The van der Waals surface area contributed by atoms with Gasteiger partial charge in [0.25, 0.3) is 5.56 Å². The molecule has 8 heteroatoms. The second-order valence-corrected chi connectivity index (χ2v) is 9.85. The van der Waals surface area contributed by atoms with E-state index >= 15 is 0 Å². The van der Waals surface area contributed by atoms with Crippen LogP contribution in [-0.4, -0.2) is 29.8 Å². The summed E-state index contributed by atoms with van der Waals surface area (Å²) in [6.45, 7) is 1.58. The number of ether oxygens (including phenoxy) is 1. The van der Waals surface area contributed by atoms with Gasteiger partial charge in [0.2, 0.25) is 5.95 Å². The number of benzene rings is 2. The molecule has 1 saturated carbocycles. The minimum atomic E-state index is -0.702. The van der Waals surface area contributed by atoms with E-state index in [1.807, 2.05) is 6.07 Å². The first kappa shape index (κ1) is 24.0. The largest absolute Gasteiger partial charge is 0.494 e. The third kappa shape index (κ3) is 4.13. The Morgan fingerprint density at radius 3 is 2.28 bits per heavy atom. The van der Waals surface area contributed by atoms with Crippen LogP contribution >= 0.6 is 0 Å². The highest BCUT2D eigenvalue weighted by molar-refractivity contribution is 5.81. The SMILES string of the molecule is COc1ccc(-c2c(-c3ccc(C#N)c(F)c3)nc(N3CCC4(CCCC4)CC3)n(C)c2=O)cc1F. The van der Waals surface area contributed by atoms with Crippen LogP contribution in [0.3, 0.4) is 0 Å². The molecule has 1 saturated heterocycles. The van der Waals surface area contributed by atoms with Crippen molar-refractivity contribution < 1.29 is 13.5 Å². The second kappa shape index (κ2) is 9.38. The number of rotatable bonds is 4. The maximum absolute atomic E-state index is 14.6. The molecule has 2 heterocycles. The first-order valence-electron chi connectivity index (χ1n) is 12.3. The fourth-order valence-electron chi connectivity index (χ4n) is 5.72. The van der Waals surface area contributed by atoms with Gasteiger partial charge in [0.1, 0.15) is 11.9 Å². The van der Waals surface area contributed by atoms with Crippen LogP contribution in [0.4, 0.5) is 14.7 Å². The predicted octanol–water partition coefficient (Wildman–Crippen LogP) is 5.43. The van der Waals surface area contributed by atoms with Crippen molar-refractivity contribution in [3.8, 4) is 34.2 Å². The van der Waals surface area contributed by atoms with Gasteiger partial charge in [0.15, 0.2) is 11.6 Å². The Hall–Kier alpha value is -3.73. The van der Waals surface area contributed by atoms with Crippen LogP contribution in [0.25, 0.3) is 22.4 Å². The van der Waals surface area contributed by atoms with Crippen molar-refractivity contribution >= 4 is 5.95 Å². The number of halogens is 2. The third-order valence-electron chi connectivity index (χ3n) is 7.84. The Morgan fingerprint density at radius 2 is 1.67 bits per heavy atom. The molecule has 1 aromatic heterocycles.